The number of benzene rings is 1. The quantitative estimate of drug-likeness (QED) is 0.888. The van der Waals surface area contributed by atoms with Crippen LogP contribution in [0.3, 0.4) is 0 Å². The van der Waals surface area contributed by atoms with E-state index in [1.54, 1.807) is 12.1 Å². The Hall–Kier alpha value is -0.540. The van der Waals surface area contributed by atoms with Crippen LogP contribution in [-0.2, 0) is 6.54 Å². The lowest BCUT2D eigenvalue weighted by atomic mass is 9.94. The van der Waals surface area contributed by atoms with Gasteiger partial charge in [-0.2, -0.15) is 11.8 Å². The molecular weight excluding hydrogens is 245 g/mol. The zero-order valence-corrected chi connectivity index (χ0v) is 12.0. The normalized spacial score (nSPS) is 24.2. The molecule has 1 aliphatic rings. The fourth-order valence-corrected chi connectivity index (χ4v) is 3.36. The Balaban J connectivity index is 1.81. The van der Waals surface area contributed by atoms with Gasteiger partial charge in [0.2, 0.25) is 0 Å². The Morgan fingerprint density at radius 2 is 2.00 bits per heavy atom. The van der Waals surface area contributed by atoms with E-state index < -0.39 is 0 Å². The number of halogens is 1. The molecule has 1 nitrogen and oxygen atoms in total. The maximum atomic E-state index is 13.0. The standard InChI is InChI=1S/C15H22FNS/c1-11-9-13(16)4-3-12(11)10-17-14-5-7-15(18-2)8-6-14/h3-4,9,14-15,17H,5-8,10H2,1-2H3. The smallest absolute Gasteiger partial charge is 0.123 e. The summed E-state index contributed by atoms with van der Waals surface area (Å²) in [5.74, 6) is -0.142. The van der Waals surface area contributed by atoms with Gasteiger partial charge < -0.3 is 5.32 Å². The van der Waals surface area contributed by atoms with Crippen LogP contribution in [0.1, 0.15) is 36.8 Å². The zero-order valence-electron chi connectivity index (χ0n) is 11.2. The largest absolute Gasteiger partial charge is 0.310 e. The van der Waals surface area contributed by atoms with E-state index in [1.165, 1.54) is 31.2 Å². The van der Waals surface area contributed by atoms with Crippen molar-refractivity contribution in [2.75, 3.05) is 6.26 Å². The Labute approximate surface area is 114 Å². The molecule has 100 valence electrons. The maximum Gasteiger partial charge on any atom is 0.123 e. The van der Waals surface area contributed by atoms with E-state index in [4.69, 9.17) is 0 Å². The monoisotopic (exact) mass is 267 g/mol. The molecule has 18 heavy (non-hydrogen) atoms. The Morgan fingerprint density at radius 1 is 1.28 bits per heavy atom. The van der Waals surface area contributed by atoms with Gasteiger partial charge in [0.25, 0.3) is 0 Å². The molecule has 0 unspecified atom stereocenters. The van der Waals surface area contributed by atoms with Crippen molar-refractivity contribution in [3.8, 4) is 0 Å². The molecule has 0 aliphatic heterocycles. The van der Waals surface area contributed by atoms with Crippen molar-refractivity contribution in [2.24, 2.45) is 0 Å². The third-order valence-corrected chi connectivity index (χ3v) is 5.03. The Morgan fingerprint density at radius 3 is 2.61 bits per heavy atom. The second-order valence-corrected chi connectivity index (χ2v) is 6.30. The van der Waals surface area contributed by atoms with Crippen LogP contribution in [-0.4, -0.2) is 17.5 Å². The first-order chi connectivity index (χ1) is 8.69. The van der Waals surface area contributed by atoms with Gasteiger partial charge in [-0.3, -0.25) is 0 Å². The van der Waals surface area contributed by atoms with Gasteiger partial charge >= 0.3 is 0 Å². The minimum Gasteiger partial charge on any atom is -0.310 e. The lowest BCUT2D eigenvalue weighted by Gasteiger charge is -2.28. The molecule has 1 aliphatic carbocycles. The summed E-state index contributed by atoms with van der Waals surface area (Å²) in [6.07, 6.45) is 7.39. The number of hydrogen-bond donors (Lipinski definition) is 1. The van der Waals surface area contributed by atoms with Crippen molar-refractivity contribution in [1.82, 2.24) is 5.32 Å². The predicted molar refractivity (Wildman–Crippen MR) is 77.5 cm³/mol. The molecule has 1 N–H and O–H groups in total. The van der Waals surface area contributed by atoms with Crippen LogP contribution in [0, 0.1) is 12.7 Å². The number of thioether (sulfide) groups is 1. The summed E-state index contributed by atoms with van der Waals surface area (Å²) in [6, 6.07) is 5.69. The van der Waals surface area contributed by atoms with Gasteiger partial charge in [-0.15, -0.1) is 0 Å². The van der Waals surface area contributed by atoms with Crippen molar-refractivity contribution in [3.05, 3.63) is 35.1 Å². The highest BCUT2D eigenvalue weighted by atomic mass is 32.2. The van der Waals surface area contributed by atoms with Gasteiger partial charge in [-0.25, -0.2) is 4.39 Å². The molecule has 0 aromatic heterocycles. The molecular formula is C15H22FNS. The van der Waals surface area contributed by atoms with E-state index in [2.05, 4.69) is 11.6 Å². The first-order valence-corrected chi connectivity index (χ1v) is 7.99. The topological polar surface area (TPSA) is 12.0 Å². The fourth-order valence-electron chi connectivity index (χ4n) is 2.61. The number of rotatable bonds is 4. The molecule has 0 bridgehead atoms. The van der Waals surface area contributed by atoms with Crippen LogP contribution < -0.4 is 5.32 Å². The van der Waals surface area contributed by atoms with Crippen molar-refractivity contribution >= 4 is 11.8 Å². The zero-order chi connectivity index (χ0) is 13.0. The first kappa shape index (κ1) is 13.9. The highest BCUT2D eigenvalue weighted by Crippen LogP contribution is 2.27. The average molecular weight is 267 g/mol. The Bertz CT molecular complexity index is 386. The maximum absolute atomic E-state index is 13.0. The van der Waals surface area contributed by atoms with Crippen LogP contribution in [0.15, 0.2) is 18.2 Å². The second kappa shape index (κ2) is 6.58. The molecule has 0 heterocycles. The van der Waals surface area contributed by atoms with Gasteiger partial charge in [0.1, 0.15) is 5.82 Å². The van der Waals surface area contributed by atoms with Crippen LogP contribution in [0.5, 0.6) is 0 Å². The van der Waals surface area contributed by atoms with Crippen molar-refractivity contribution in [1.29, 1.82) is 0 Å². The summed E-state index contributed by atoms with van der Waals surface area (Å²) in [7, 11) is 0. The first-order valence-electron chi connectivity index (χ1n) is 6.70. The van der Waals surface area contributed by atoms with Gasteiger partial charge in [0.15, 0.2) is 0 Å². The van der Waals surface area contributed by atoms with E-state index >= 15 is 0 Å². The second-order valence-electron chi connectivity index (χ2n) is 5.16. The van der Waals surface area contributed by atoms with Gasteiger partial charge in [-0.1, -0.05) is 6.07 Å². The minimum absolute atomic E-state index is 0.142. The third kappa shape index (κ3) is 3.72. The van der Waals surface area contributed by atoms with E-state index in [9.17, 15) is 4.39 Å². The average Bonchev–Trinajstić information content (AvgIpc) is 2.38. The molecule has 0 spiro atoms. The van der Waals surface area contributed by atoms with Gasteiger partial charge in [0.05, 0.1) is 0 Å². The summed E-state index contributed by atoms with van der Waals surface area (Å²) >= 11 is 2.00. The van der Waals surface area contributed by atoms with E-state index in [0.717, 1.165) is 17.4 Å². The molecule has 0 amide bonds. The molecule has 0 radical (unpaired) electrons. The molecule has 1 aromatic carbocycles. The molecule has 0 atom stereocenters. The van der Waals surface area contributed by atoms with Crippen LogP contribution in [0.25, 0.3) is 0 Å². The predicted octanol–water partition coefficient (Wildman–Crippen LogP) is 3.90. The SMILES string of the molecule is CSC1CCC(NCc2ccc(F)cc2C)CC1. The molecule has 0 saturated heterocycles. The summed E-state index contributed by atoms with van der Waals surface area (Å²) < 4.78 is 13.0. The lowest BCUT2D eigenvalue weighted by Crippen LogP contribution is -2.33. The van der Waals surface area contributed by atoms with E-state index in [0.29, 0.717) is 6.04 Å². The van der Waals surface area contributed by atoms with Gasteiger partial charge in [0, 0.05) is 17.8 Å². The van der Waals surface area contributed by atoms with Crippen molar-refractivity contribution in [2.45, 2.75) is 50.4 Å². The molecule has 3 heteroatoms. The third-order valence-electron chi connectivity index (χ3n) is 3.89. The number of aryl methyl sites for hydroxylation is 1. The summed E-state index contributed by atoms with van der Waals surface area (Å²) in [5.41, 5.74) is 2.25. The number of nitrogens with one attached hydrogen (secondary N) is 1. The molecule has 1 saturated carbocycles. The summed E-state index contributed by atoms with van der Waals surface area (Å²) in [4.78, 5) is 0. The molecule has 1 fully saturated rings. The summed E-state index contributed by atoms with van der Waals surface area (Å²) in [6.45, 7) is 2.84. The van der Waals surface area contributed by atoms with E-state index in [1.807, 2.05) is 24.8 Å². The Kier molecular flexibility index (Phi) is 5.07. The van der Waals surface area contributed by atoms with Crippen LogP contribution in [0.2, 0.25) is 0 Å². The van der Waals surface area contributed by atoms with Crippen LogP contribution in [0.4, 0.5) is 4.39 Å². The minimum atomic E-state index is -0.142. The van der Waals surface area contributed by atoms with Crippen molar-refractivity contribution < 1.29 is 4.39 Å². The summed E-state index contributed by atoms with van der Waals surface area (Å²) in [5, 5.41) is 4.47. The molecule has 1 aromatic rings. The fraction of sp³-hybridized carbons (Fsp3) is 0.600. The van der Waals surface area contributed by atoms with E-state index in [-0.39, 0.29) is 5.82 Å². The van der Waals surface area contributed by atoms with Crippen LogP contribution >= 0.6 is 11.8 Å². The van der Waals surface area contributed by atoms with Crippen molar-refractivity contribution in [3.63, 3.8) is 0 Å². The highest BCUT2D eigenvalue weighted by molar-refractivity contribution is 7.99. The number of hydrogen-bond acceptors (Lipinski definition) is 2. The molecule has 2 rings (SSSR count). The highest BCUT2D eigenvalue weighted by Gasteiger charge is 2.19. The lowest BCUT2D eigenvalue weighted by molar-refractivity contribution is 0.378. The van der Waals surface area contributed by atoms with Gasteiger partial charge in [-0.05, 0) is 62.1 Å².